The van der Waals surface area contributed by atoms with Crippen molar-refractivity contribution in [2.75, 3.05) is 20.2 Å². The summed E-state index contributed by atoms with van der Waals surface area (Å²) in [5.74, 6) is -0.540. The van der Waals surface area contributed by atoms with Crippen LogP contribution in [0.5, 0.6) is 0 Å². The average Bonchev–Trinajstić information content (AvgIpc) is 2.53. The standard InChI is InChI=1S/C17H20ClNO4/c1-12(20)11-17(16(22)23-2)6-8-19(9-7-17)15(21)13-4-3-5-14(18)10-13/h3-5,10H,6-9,11H2,1-2H3. The predicted molar refractivity (Wildman–Crippen MR) is 86.3 cm³/mol. The van der Waals surface area contributed by atoms with Crippen molar-refractivity contribution in [1.29, 1.82) is 0 Å². The highest BCUT2D eigenvalue weighted by Gasteiger charge is 2.44. The highest BCUT2D eigenvalue weighted by Crippen LogP contribution is 2.37. The van der Waals surface area contributed by atoms with Crippen molar-refractivity contribution < 1.29 is 19.1 Å². The number of Topliss-reactive ketones (excluding diaryl/α,β-unsaturated/α-hetero) is 1. The summed E-state index contributed by atoms with van der Waals surface area (Å²) >= 11 is 5.92. The zero-order chi connectivity index (χ0) is 17.0. The lowest BCUT2D eigenvalue weighted by Crippen LogP contribution is -2.47. The maximum Gasteiger partial charge on any atom is 0.312 e. The molecule has 0 aliphatic carbocycles. The molecule has 1 aromatic rings. The third-order valence-corrected chi connectivity index (χ3v) is 4.52. The maximum absolute atomic E-state index is 12.5. The predicted octanol–water partition coefficient (Wildman–Crippen LogP) is 2.71. The number of nitrogens with zero attached hydrogens (tertiary/aromatic N) is 1. The number of piperidine rings is 1. The van der Waals surface area contributed by atoms with Gasteiger partial charge in [0, 0.05) is 30.1 Å². The van der Waals surface area contributed by atoms with Gasteiger partial charge in [0.1, 0.15) is 5.78 Å². The number of carbonyl (C=O) groups is 3. The van der Waals surface area contributed by atoms with E-state index in [1.54, 1.807) is 29.2 Å². The van der Waals surface area contributed by atoms with Gasteiger partial charge in [-0.15, -0.1) is 0 Å². The van der Waals surface area contributed by atoms with E-state index in [2.05, 4.69) is 0 Å². The first kappa shape index (κ1) is 17.5. The summed E-state index contributed by atoms with van der Waals surface area (Å²) in [6, 6.07) is 6.78. The zero-order valence-electron chi connectivity index (χ0n) is 13.3. The second-order valence-corrected chi connectivity index (χ2v) is 6.39. The number of ether oxygens (including phenoxy) is 1. The number of rotatable bonds is 4. The van der Waals surface area contributed by atoms with E-state index in [0.717, 1.165) is 0 Å². The van der Waals surface area contributed by atoms with Gasteiger partial charge in [-0.1, -0.05) is 17.7 Å². The Hall–Kier alpha value is -1.88. The van der Waals surface area contributed by atoms with Crippen molar-refractivity contribution in [3.05, 3.63) is 34.9 Å². The minimum Gasteiger partial charge on any atom is -0.469 e. The molecule has 6 heteroatoms. The molecule has 1 aliphatic heterocycles. The molecule has 0 unspecified atom stereocenters. The Labute approximate surface area is 140 Å². The number of halogens is 1. The lowest BCUT2D eigenvalue weighted by Gasteiger charge is -2.39. The second kappa shape index (κ2) is 7.13. The molecule has 0 spiro atoms. The molecule has 5 nitrogen and oxygen atoms in total. The van der Waals surface area contributed by atoms with E-state index in [0.29, 0.717) is 36.5 Å². The normalized spacial score (nSPS) is 16.7. The van der Waals surface area contributed by atoms with Crippen LogP contribution in [0.3, 0.4) is 0 Å². The number of benzene rings is 1. The van der Waals surface area contributed by atoms with Crippen molar-refractivity contribution >= 4 is 29.3 Å². The topological polar surface area (TPSA) is 63.7 Å². The first-order valence-electron chi connectivity index (χ1n) is 7.51. The van der Waals surface area contributed by atoms with Gasteiger partial charge in [-0.2, -0.15) is 0 Å². The maximum atomic E-state index is 12.5. The summed E-state index contributed by atoms with van der Waals surface area (Å²) in [6.07, 6.45) is 0.996. The quantitative estimate of drug-likeness (QED) is 0.792. The molecule has 1 aromatic carbocycles. The fraction of sp³-hybridized carbons (Fsp3) is 0.471. The van der Waals surface area contributed by atoms with Crippen molar-refractivity contribution in [3.63, 3.8) is 0 Å². The van der Waals surface area contributed by atoms with Gasteiger partial charge in [0.05, 0.1) is 12.5 Å². The van der Waals surface area contributed by atoms with Gasteiger partial charge in [-0.3, -0.25) is 14.4 Å². The Morgan fingerprint density at radius 2 is 1.91 bits per heavy atom. The van der Waals surface area contributed by atoms with E-state index in [1.165, 1.54) is 14.0 Å². The molecule has 0 aromatic heterocycles. The summed E-state index contributed by atoms with van der Waals surface area (Å²) in [4.78, 5) is 37.8. The number of hydrogen-bond donors (Lipinski definition) is 0. The summed E-state index contributed by atoms with van der Waals surface area (Å²) in [5.41, 5.74) is -0.291. The summed E-state index contributed by atoms with van der Waals surface area (Å²) in [5, 5.41) is 0.508. The molecule has 0 atom stereocenters. The number of methoxy groups -OCH3 is 1. The van der Waals surface area contributed by atoms with Gasteiger partial charge >= 0.3 is 5.97 Å². The third-order valence-electron chi connectivity index (χ3n) is 4.29. The van der Waals surface area contributed by atoms with E-state index < -0.39 is 5.41 Å². The first-order valence-corrected chi connectivity index (χ1v) is 7.88. The van der Waals surface area contributed by atoms with Gasteiger partial charge in [-0.05, 0) is 38.0 Å². The summed E-state index contributed by atoms with van der Waals surface area (Å²) < 4.78 is 4.88. The third kappa shape index (κ3) is 3.91. The number of hydrogen-bond acceptors (Lipinski definition) is 4. The molecule has 0 saturated carbocycles. The summed E-state index contributed by atoms with van der Waals surface area (Å²) in [6.45, 7) is 2.29. The van der Waals surface area contributed by atoms with E-state index in [-0.39, 0.29) is 24.1 Å². The molecule has 2 rings (SSSR count). The largest absolute Gasteiger partial charge is 0.469 e. The van der Waals surface area contributed by atoms with Gasteiger partial charge < -0.3 is 9.64 Å². The van der Waals surface area contributed by atoms with Gasteiger partial charge in [0.15, 0.2) is 0 Å². The Morgan fingerprint density at radius 3 is 2.43 bits per heavy atom. The molecular formula is C17H20ClNO4. The van der Waals surface area contributed by atoms with Crippen LogP contribution in [-0.4, -0.2) is 42.8 Å². The Balaban J connectivity index is 2.10. The highest BCUT2D eigenvalue weighted by molar-refractivity contribution is 6.30. The monoisotopic (exact) mass is 337 g/mol. The van der Waals surface area contributed by atoms with Crippen LogP contribution in [-0.2, 0) is 14.3 Å². The minimum absolute atomic E-state index is 0.0509. The van der Waals surface area contributed by atoms with Gasteiger partial charge in [0.25, 0.3) is 5.91 Å². The molecule has 1 fully saturated rings. The van der Waals surface area contributed by atoms with E-state index in [9.17, 15) is 14.4 Å². The lowest BCUT2D eigenvalue weighted by atomic mass is 9.74. The van der Waals surface area contributed by atoms with Crippen LogP contribution in [0.2, 0.25) is 5.02 Å². The SMILES string of the molecule is COC(=O)C1(CC(C)=O)CCN(C(=O)c2cccc(Cl)c2)CC1. The smallest absolute Gasteiger partial charge is 0.312 e. The average molecular weight is 338 g/mol. The van der Waals surface area contributed by atoms with Crippen LogP contribution in [0.15, 0.2) is 24.3 Å². The van der Waals surface area contributed by atoms with Crippen LogP contribution in [0, 0.1) is 5.41 Å². The van der Waals surface area contributed by atoms with Crippen LogP contribution in [0.4, 0.5) is 0 Å². The Kier molecular flexibility index (Phi) is 5.42. The van der Waals surface area contributed by atoms with Crippen molar-refractivity contribution in [3.8, 4) is 0 Å². The van der Waals surface area contributed by atoms with Crippen LogP contribution >= 0.6 is 11.6 Å². The van der Waals surface area contributed by atoms with Crippen molar-refractivity contribution in [2.24, 2.45) is 5.41 Å². The second-order valence-electron chi connectivity index (χ2n) is 5.95. The molecule has 0 bridgehead atoms. The number of likely N-dealkylation sites (tertiary alicyclic amines) is 1. The Bertz CT molecular complexity index is 621. The highest BCUT2D eigenvalue weighted by atomic mass is 35.5. The zero-order valence-corrected chi connectivity index (χ0v) is 14.1. The van der Waals surface area contributed by atoms with Crippen molar-refractivity contribution in [1.82, 2.24) is 4.90 Å². The molecule has 124 valence electrons. The molecule has 0 N–H and O–H groups in total. The minimum atomic E-state index is -0.814. The van der Waals surface area contributed by atoms with Crippen LogP contribution in [0.25, 0.3) is 0 Å². The van der Waals surface area contributed by atoms with Gasteiger partial charge in [0.2, 0.25) is 0 Å². The molecule has 23 heavy (non-hydrogen) atoms. The number of carbonyl (C=O) groups excluding carboxylic acids is 3. The van der Waals surface area contributed by atoms with E-state index in [1.807, 2.05) is 0 Å². The molecular weight excluding hydrogens is 318 g/mol. The number of amides is 1. The summed E-state index contributed by atoms with van der Waals surface area (Å²) in [7, 11) is 1.33. The Morgan fingerprint density at radius 1 is 1.26 bits per heavy atom. The van der Waals surface area contributed by atoms with Gasteiger partial charge in [-0.25, -0.2) is 0 Å². The lowest BCUT2D eigenvalue weighted by molar-refractivity contribution is -0.157. The number of esters is 1. The molecule has 1 heterocycles. The van der Waals surface area contributed by atoms with Crippen LogP contribution in [0.1, 0.15) is 36.5 Å². The molecule has 1 aliphatic rings. The fourth-order valence-electron chi connectivity index (χ4n) is 3.09. The fourth-order valence-corrected chi connectivity index (χ4v) is 3.28. The first-order chi connectivity index (χ1) is 10.9. The van der Waals surface area contributed by atoms with Crippen LogP contribution < -0.4 is 0 Å². The number of ketones is 1. The van der Waals surface area contributed by atoms with E-state index in [4.69, 9.17) is 16.3 Å². The van der Waals surface area contributed by atoms with E-state index >= 15 is 0 Å². The molecule has 1 amide bonds. The van der Waals surface area contributed by atoms with Crippen molar-refractivity contribution in [2.45, 2.75) is 26.2 Å². The molecule has 1 saturated heterocycles. The molecule has 0 radical (unpaired) electrons.